The normalized spacial score (nSPS) is 14.0. The number of methoxy groups -OCH3 is 3. The number of carboxylic acids is 1. The van der Waals surface area contributed by atoms with Crippen LogP contribution in [0.25, 0.3) is 22.0 Å². The maximum absolute atomic E-state index is 13.5. The molecular weight excluding hydrogens is 640 g/mol. The van der Waals surface area contributed by atoms with Crippen molar-refractivity contribution in [1.82, 2.24) is 15.6 Å². The van der Waals surface area contributed by atoms with Gasteiger partial charge in [-0.25, -0.2) is 4.79 Å². The average Bonchev–Trinajstić information content (AvgIpc) is 3.36. The van der Waals surface area contributed by atoms with Gasteiger partial charge in [0.1, 0.15) is 6.04 Å². The molecule has 1 aliphatic carbocycles. The number of aromatic amines is 1. The maximum atomic E-state index is 13.5. The van der Waals surface area contributed by atoms with Crippen LogP contribution in [0.3, 0.4) is 0 Å². The number of aliphatic carboxylic acids is 1. The lowest BCUT2D eigenvalue weighted by Gasteiger charge is -2.19. The fourth-order valence-corrected chi connectivity index (χ4v) is 6.65. The van der Waals surface area contributed by atoms with E-state index in [1.807, 2.05) is 36.4 Å². The third-order valence-corrected chi connectivity index (χ3v) is 9.04. The number of H-pyrrole nitrogens is 1. The first-order valence-electron chi connectivity index (χ1n) is 16.7. The zero-order chi connectivity index (χ0) is 35.8. The van der Waals surface area contributed by atoms with E-state index in [4.69, 9.17) is 14.2 Å². The van der Waals surface area contributed by atoms with E-state index in [0.29, 0.717) is 67.1 Å². The molecule has 1 heterocycles. The molecule has 0 saturated heterocycles. The van der Waals surface area contributed by atoms with Gasteiger partial charge in [0.05, 0.1) is 33.1 Å². The zero-order valence-corrected chi connectivity index (χ0v) is 28.8. The van der Waals surface area contributed by atoms with Gasteiger partial charge in [-0.3, -0.25) is 14.4 Å². The number of carbonyl (C=O) groups excluding carboxylic acids is 2. The number of ether oxygens (including phenoxy) is 3. The van der Waals surface area contributed by atoms with Crippen LogP contribution in [0.4, 0.5) is 5.69 Å². The van der Waals surface area contributed by atoms with E-state index in [2.05, 4.69) is 20.9 Å². The Morgan fingerprint density at radius 2 is 1.76 bits per heavy atom. The number of rotatable bonds is 15. The standard InChI is InChI=1S/C38H44N4O8/c1-22(43)41-29-15-13-23-19-33(48-2)36(49-3)37(50-4)35(23)26-14-16-30(32(44)20-27(26)29)39-17-9-5-6-12-34(45)42-31(38(46)47)18-24-21-40-28-11-8-7-10-25(24)28/h7-8,10-11,14,16,19-21,29,31,40H,5-6,9,12-13,15,17-18H2,1-4H3,(H,39,44)(H,41,43)(H,42,45)(H,46,47)/t29-,31-/m1/s1. The summed E-state index contributed by atoms with van der Waals surface area (Å²) < 4.78 is 17.1. The number of unbranched alkanes of at least 4 members (excludes halogenated alkanes) is 2. The molecule has 5 N–H and O–H groups in total. The summed E-state index contributed by atoms with van der Waals surface area (Å²) in [6.07, 6.45) is 5.26. The molecule has 4 aromatic rings. The van der Waals surface area contributed by atoms with Gasteiger partial charge in [-0.1, -0.05) is 30.7 Å². The van der Waals surface area contributed by atoms with Crippen molar-refractivity contribution in [2.75, 3.05) is 33.2 Å². The molecular formula is C38H44N4O8. The molecule has 0 radical (unpaired) electrons. The molecule has 3 aromatic carbocycles. The van der Waals surface area contributed by atoms with Crippen LogP contribution in [-0.2, 0) is 27.2 Å². The van der Waals surface area contributed by atoms with Gasteiger partial charge in [0.25, 0.3) is 0 Å². The summed E-state index contributed by atoms with van der Waals surface area (Å²) in [5.41, 5.74) is 5.07. The fraction of sp³-hybridized carbons (Fsp3) is 0.368. The highest BCUT2D eigenvalue weighted by molar-refractivity contribution is 5.87. The molecule has 1 aromatic heterocycles. The van der Waals surface area contributed by atoms with Crippen LogP contribution in [0.15, 0.2) is 59.5 Å². The average molecular weight is 685 g/mol. The monoisotopic (exact) mass is 684 g/mol. The third kappa shape index (κ3) is 8.02. The van der Waals surface area contributed by atoms with Crippen molar-refractivity contribution in [3.63, 3.8) is 0 Å². The van der Waals surface area contributed by atoms with Crippen LogP contribution >= 0.6 is 0 Å². The first-order valence-corrected chi connectivity index (χ1v) is 16.7. The lowest BCUT2D eigenvalue weighted by molar-refractivity contribution is -0.141. The summed E-state index contributed by atoms with van der Waals surface area (Å²) >= 11 is 0. The topological polar surface area (TPSA) is 168 Å². The first-order chi connectivity index (χ1) is 24.1. The molecule has 0 saturated carbocycles. The summed E-state index contributed by atoms with van der Waals surface area (Å²) in [5.74, 6) is -0.156. The summed E-state index contributed by atoms with van der Waals surface area (Å²) in [4.78, 5) is 53.4. The largest absolute Gasteiger partial charge is 0.493 e. The number of carboxylic acid groups (broad SMARTS) is 1. The SMILES string of the molecule is COc1cc2c(c(OC)c1OC)-c1ccc(NCCCCCC(=O)N[C@H](Cc3c[nH]c4ccccc34)C(=O)O)c(=O)cc1[C@H](NC(C)=O)CC2. The number of nitrogens with one attached hydrogen (secondary N) is 4. The molecule has 0 spiro atoms. The highest BCUT2D eigenvalue weighted by atomic mass is 16.5. The molecule has 50 heavy (non-hydrogen) atoms. The highest BCUT2D eigenvalue weighted by Gasteiger charge is 2.29. The molecule has 0 fully saturated rings. The molecule has 5 rings (SSSR count). The quantitative estimate of drug-likeness (QED) is 0.107. The Morgan fingerprint density at radius 3 is 2.48 bits per heavy atom. The number of aryl methyl sites for hydroxylation is 1. The van der Waals surface area contributed by atoms with Gasteiger partial charge in [0.15, 0.2) is 11.5 Å². The number of fused-ring (bicyclic) bond motifs is 4. The molecule has 0 unspecified atom stereocenters. The van der Waals surface area contributed by atoms with Crippen molar-refractivity contribution < 1.29 is 33.7 Å². The van der Waals surface area contributed by atoms with Crippen molar-refractivity contribution in [1.29, 1.82) is 0 Å². The van der Waals surface area contributed by atoms with Crippen LogP contribution in [0.2, 0.25) is 0 Å². The van der Waals surface area contributed by atoms with Crippen LogP contribution in [0.5, 0.6) is 17.2 Å². The van der Waals surface area contributed by atoms with Crippen molar-refractivity contribution in [3.8, 4) is 28.4 Å². The van der Waals surface area contributed by atoms with Gasteiger partial charge in [-0.15, -0.1) is 0 Å². The summed E-state index contributed by atoms with van der Waals surface area (Å²) in [7, 11) is 4.66. The van der Waals surface area contributed by atoms with E-state index in [0.717, 1.165) is 33.2 Å². The van der Waals surface area contributed by atoms with Crippen LogP contribution in [-0.4, -0.2) is 61.8 Å². The number of hydrogen-bond donors (Lipinski definition) is 5. The Hall–Kier alpha value is -5.52. The number of amides is 2. The van der Waals surface area contributed by atoms with E-state index in [9.17, 15) is 24.3 Å². The smallest absolute Gasteiger partial charge is 0.326 e. The Kier molecular flexibility index (Phi) is 11.6. The zero-order valence-electron chi connectivity index (χ0n) is 28.8. The van der Waals surface area contributed by atoms with Gasteiger partial charge in [0.2, 0.25) is 23.0 Å². The number of hydrogen-bond acceptors (Lipinski definition) is 8. The minimum atomic E-state index is -1.08. The van der Waals surface area contributed by atoms with Crippen molar-refractivity contribution >= 4 is 34.4 Å². The Morgan fingerprint density at radius 1 is 0.980 bits per heavy atom. The number of benzene rings is 2. The highest BCUT2D eigenvalue weighted by Crippen LogP contribution is 2.50. The fourth-order valence-electron chi connectivity index (χ4n) is 6.65. The summed E-state index contributed by atoms with van der Waals surface area (Å²) in [6, 6.07) is 13.3. The minimum Gasteiger partial charge on any atom is -0.493 e. The van der Waals surface area contributed by atoms with Crippen LogP contribution in [0.1, 0.15) is 61.8 Å². The number of para-hydroxylation sites is 1. The summed E-state index contributed by atoms with van der Waals surface area (Å²) in [6.45, 7) is 1.95. The second kappa shape index (κ2) is 16.3. The maximum Gasteiger partial charge on any atom is 0.326 e. The van der Waals surface area contributed by atoms with Crippen molar-refractivity contribution in [2.45, 2.75) is 64.0 Å². The van der Waals surface area contributed by atoms with Gasteiger partial charge in [0, 0.05) is 49.0 Å². The third-order valence-electron chi connectivity index (χ3n) is 9.04. The molecule has 1 aliphatic rings. The van der Waals surface area contributed by atoms with Gasteiger partial charge in [-0.05, 0) is 72.2 Å². The number of carbonyl (C=O) groups is 3. The summed E-state index contributed by atoms with van der Waals surface area (Å²) in [5, 5.41) is 19.6. The Balaban J connectivity index is 1.23. The molecule has 12 nitrogen and oxygen atoms in total. The predicted octanol–water partition coefficient (Wildman–Crippen LogP) is 5.13. The van der Waals surface area contributed by atoms with Gasteiger partial charge in [-0.2, -0.15) is 0 Å². The minimum absolute atomic E-state index is 0.177. The lowest BCUT2D eigenvalue weighted by atomic mass is 9.95. The Labute approximate surface area is 290 Å². The van der Waals surface area contributed by atoms with Gasteiger partial charge >= 0.3 is 5.97 Å². The van der Waals surface area contributed by atoms with Crippen molar-refractivity contribution in [2.24, 2.45) is 0 Å². The second-order valence-corrected chi connectivity index (χ2v) is 12.4. The van der Waals surface area contributed by atoms with Crippen LogP contribution in [0, 0.1) is 0 Å². The van der Waals surface area contributed by atoms with E-state index in [1.165, 1.54) is 6.92 Å². The molecule has 264 valence electrons. The number of aromatic nitrogens is 1. The molecule has 0 bridgehead atoms. The molecule has 0 aliphatic heterocycles. The van der Waals surface area contributed by atoms with Gasteiger partial charge < -0.3 is 40.3 Å². The lowest BCUT2D eigenvalue weighted by Crippen LogP contribution is -2.42. The van der Waals surface area contributed by atoms with E-state index < -0.39 is 18.1 Å². The van der Waals surface area contributed by atoms with Crippen LogP contribution < -0.4 is 35.6 Å². The Bertz CT molecular complexity index is 1940. The number of anilines is 1. The van der Waals surface area contributed by atoms with Crippen molar-refractivity contribution in [3.05, 3.63) is 81.6 Å². The first kappa shape index (κ1) is 35.8. The molecule has 2 atom stereocenters. The second-order valence-electron chi connectivity index (χ2n) is 12.4. The van der Waals surface area contributed by atoms with E-state index in [-0.39, 0.29) is 30.1 Å². The van der Waals surface area contributed by atoms with E-state index >= 15 is 0 Å². The molecule has 2 amide bonds. The van der Waals surface area contributed by atoms with E-state index in [1.54, 1.807) is 39.7 Å². The predicted molar refractivity (Wildman–Crippen MR) is 191 cm³/mol. The molecule has 12 heteroatoms.